The maximum atomic E-state index is 13.0. The summed E-state index contributed by atoms with van der Waals surface area (Å²) in [5.41, 5.74) is 0.953. The minimum Gasteiger partial charge on any atom is -0.464 e. The Balaban J connectivity index is 1.48. The van der Waals surface area contributed by atoms with Crippen LogP contribution in [0.15, 0.2) is 71.8 Å². The maximum Gasteiger partial charge on any atom is 0.414 e. The number of pyridine rings is 1. The predicted octanol–water partition coefficient (Wildman–Crippen LogP) is 1.96. The van der Waals surface area contributed by atoms with Crippen LogP contribution >= 0.6 is 0 Å². The molecule has 0 atom stereocenters. The third-order valence-corrected chi connectivity index (χ3v) is 6.49. The van der Waals surface area contributed by atoms with Crippen LogP contribution in [0.4, 0.5) is 9.18 Å². The Morgan fingerprint density at radius 2 is 1.52 bits per heavy atom. The largest absolute Gasteiger partial charge is 0.464 e. The van der Waals surface area contributed by atoms with Crippen LogP contribution in [0.1, 0.15) is 33.2 Å². The highest BCUT2D eigenvalue weighted by Crippen LogP contribution is 2.13. The number of carbonyl (C=O) groups is 4. The summed E-state index contributed by atoms with van der Waals surface area (Å²) in [5.74, 6) is -2.39. The highest BCUT2D eigenvalue weighted by Gasteiger charge is 2.19. The van der Waals surface area contributed by atoms with E-state index in [9.17, 15) is 32.0 Å². The second-order valence-corrected chi connectivity index (χ2v) is 9.82. The molecule has 1 heterocycles. The van der Waals surface area contributed by atoms with Gasteiger partial charge in [-0.2, -0.15) is 0 Å². The molecule has 2 aromatic carbocycles. The van der Waals surface area contributed by atoms with Gasteiger partial charge >= 0.3 is 12.1 Å². The minimum absolute atomic E-state index is 0.0197. The molecule has 0 fully saturated rings. The predicted molar refractivity (Wildman–Crippen MR) is 138 cm³/mol. The van der Waals surface area contributed by atoms with E-state index in [1.807, 2.05) is 4.72 Å². The molecule has 3 aromatic rings. The molecule has 0 saturated carbocycles. The number of aromatic nitrogens is 1. The summed E-state index contributed by atoms with van der Waals surface area (Å²) in [6.45, 7) is 1.48. The number of halogens is 1. The molecule has 3 N–H and O–H groups in total. The van der Waals surface area contributed by atoms with Crippen molar-refractivity contribution in [3.8, 4) is 5.88 Å². The van der Waals surface area contributed by atoms with Crippen LogP contribution in [0, 0.1) is 5.82 Å². The molecule has 210 valence electrons. The molecule has 0 saturated heterocycles. The minimum atomic E-state index is -4.20. The van der Waals surface area contributed by atoms with E-state index in [0.29, 0.717) is 12.0 Å². The van der Waals surface area contributed by atoms with Gasteiger partial charge in [0.05, 0.1) is 17.0 Å². The molecule has 0 aliphatic carbocycles. The van der Waals surface area contributed by atoms with Crippen LogP contribution in [-0.4, -0.2) is 57.0 Å². The summed E-state index contributed by atoms with van der Waals surface area (Å²) in [6.07, 6.45) is 0.581. The van der Waals surface area contributed by atoms with Gasteiger partial charge in [-0.25, -0.2) is 27.3 Å². The topological polar surface area (TPSA) is 170 Å². The molecule has 1 aromatic heterocycles. The molecule has 0 radical (unpaired) electrons. The molecular formula is C26H25FN4O8S. The number of esters is 1. The zero-order valence-electron chi connectivity index (χ0n) is 21.2. The van der Waals surface area contributed by atoms with Crippen LogP contribution in [-0.2, 0) is 26.0 Å². The third-order valence-electron chi connectivity index (χ3n) is 5.14. The Kier molecular flexibility index (Phi) is 10.2. The Hall–Kier alpha value is -4.85. The molecular weight excluding hydrogens is 547 g/mol. The lowest BCUT2D eigenvalue weighted by atomic mass is 10.1. The normalized spacial score (nSPS) is 10.8. The summed E-state index contributed by atoms with van der Waals surface area (Å²) in [6, 6.07) is 13.3. The van der Waals surface area contributed by atoms with Crippen molar-refractivity contribution in [1.29, 1.82) is 0 Å². The van der Waals surface area contributed by atoms with Crippen molar-refractivity contribution < 1.29 is 41.5 Å². The number of sulfonamides is 1. The van der Waals surface area contributed by atoms with Gasteiger partial charge in [0.25, 0.3) is 21.8 Å². The fourth-order valence-electron chi connectivity index (χ4n) is 3.15. The van der Waals surface area contributed by atoms with Crippen molar-refractivity contribution in [3.05, 3.63) is 89.4 Å². The van der Waals surface area contributed by atoms with Crippen LogP contribution in [0.2, 0.25) is 0 Å². The molecule has 0 aliphatic heterocycles. The molecule has 14 heteroatoms. The van der Waals surface area contributed by atoms with Gasteiger partial charge in [-0.05, 0) is 54.4 Å². The maximum absolute atomic E-state index is 13.0. The van der Waals surface area contributed by atoms with E-state index in [1.54, 1.807) is 12.1 Å². The van der Waals surface area contributed by atoms with Gasteiger partial charge < -0.3 is 20.1 Å². The Bertz CT molecular complexity index is 1460. The Morgan fingerprint density at radius 1 is 0.850 bits per heavy atom. The standard InChI is InChI=1S/C26H25FN4O8S/c1-17(32)38-15-14-29-26(35)39-23-11-6-20(16-30-23)25(34)31-40(36,37)22-9-2-18(3-10-22)12-13-28-24(33)19-4-7-21(27)8-5-19/h2-11,16H,12-15H2,1H3,(H,28,33)(H,29,35)(H,31,34). The summed E-state index contributed by atoms with van der Waals surface area (Å²) < 4.78 is 49.8. The number of hydrogen-bond acceptors (Lipinski definition) is 9. The van der Waals surface area contributed by atoms with Gasteiger partial charge in [0, 0.05) is 31.3 Å². The number of nitrogens with zero attached hydrogens (tertiary/aromatic N) is 1. The van der Waals surface area contributed by atoms with E-state index in [4.69, 9.17) is 4.74 Å². The lowest BCUT2D eigenvalue weighted by Gasteiger charge is -2.09. The van der Waals surface area contributed by atoms with Crippen LogP contribution in [0.5, 0.6) is 5.88 Å². The lowest BCUT2D eigenvalue weighted by Crippen LogP contribution is -2.31. The molecule has 40 heavy (non-hydrogen) atoms. The fourth-order valence-corrected chi connectivity index (χ4v) is 4.13. The molecule has 0 aliphatic rings. The number of rotatable bonds is 11. The molecule has 0 bridgehead atoms. The van der Waals surface area contributed by atoms with E-state index >= 15 is 0 Å². The first kappa shape index (κ1) is 29.7. The number of hydrogen-bond donors (Lipinski definition) is 3. The number of carbonyl (C=O) groups excluding carboxylic acids is 4. The van der Waals surface area contributed by atoms with Crippen LogP contribution in [0.25, 0.3) is 0 Å². The molecule has 0 spiro atoms. The number of nitrogens with one attached hydrogen (secondary N) is 3. The van der Waals surface area contributed by atoms with Gasteiger partial charge in [-0.3, -0.25) is 14.4 Å². The molecule has 12 nitrogen and oxygen atoms in total. The van der Waals surface area contributed by atoms with E-state index in [2.05, 4.69) is 20.4 Å². The number of ether oxygens (including phenoxy) is 2. The zero-order valence-corrected chi connectivity index (χ0v) is 22.0. The average molecular weight is 573 g/mol. The van der Waals surface area contributed by atoms with E-state index < -0.39 is 33.8 Å². The third kappa shape index (κ3) is 9.16. The number of amides is 3. The zero-order chi connectivity index (χ0) is 29.1. The Labute approximate surface area is 228 Å². The summed E-state index contributed by atoms with van der Waals surface area (Å²) in [7, 11) is -4.20. The first-order valence-corrected chi connectivity index (χ1v) is 13.3. The van der Waals surface area contributed by atoms with Gasteiger partial charge in [-0.1, -0.05) is 12.1 Å². The second kappa shape index (κ2) is 13.8. The summed E-state index contributed by atoms with van der Waals surface area (Å²) in [5, 5.41) is 5.03. The monoisotopic (exact) mass is 572 g/mol. The molecule has 0 unspecified atom stereocenters. The van der Waals surface area contributed by atoms with Crippen LogP contribution < -0.4 is 20.1 Å². The highest BCUT2D eigenvalue weighted by molar-refractivity contribution is 7.90. The highest BCUT2D eigenvalue weighted by atomic mass is 32.2. The lowest BCUT2D eigenvalue weighted by molar-refractivity contribution is -0.140. The van der Waals surface area contributed by atoms with Crippen molar-refractivity contribution in [2.45, 2.75) is 18.2 Å². The smallest absolute Gasteiger partial charge is 0.414 e. The Morgan fingerprint density at radius 3 is 2.15 bits per heavy atom. The summed E-state index contributed by atoms with van der Waals surface area (Å²) >= 11 is 0. The van der Waals surface area contributed by atoms with Crippen molar-refractivity contribution in [2.24, 2.45) is 0 Å². The van der Waals surface area contributed by atoms with Crippen molar-refractivity contribution in [3.63, 3.8) is 0 Å². The van der Waals surface area contributed by atoms with Gasteiger partial charge in [0.2, 0.25) is 5.88 Å². The van der Waals surface area contributed by atoms with Gasteiger partial charge in [0.1, 0.15) is 12.4 Å². The second-order valence-electron chi connectivity index (χ2n) is 8.13. The SMILES string of the molecule is CC(=O)OCCNC(=O)Oc1ccc(C(=O)NS(=O)(=O)c2ccc(CCNC(=O)c3ccc(F)cc3)cc2)cn1. The number of benzene rings is 2. The van der Waals surface area contributed by atoms with E-state index in [-0.39, 0.29) is 41.9 Å². The average Bonchev–Trinajstić information content (AvgIpc) is 2.92. The summed E-state index contributed by atoms with van der Waals surface area (Å²) in [4.78, 5) is 50.6. The van der Waals surface area contributed by atoms with Crippen molar-refractivity contribution in [2.75, 3.05) is 19.7 Å². The first-order valence-electron chi connectivity index (χ1n) is 11.8. The first-order chi connectivity index (χ1) is 19.0. The van der Waals surface area contributed by atoms with Crippen molar-refractivity contribution in [1.82, 2.24) is 20.3 Å². The van der Waals surface area contributed by atoms with Gasteiger partial charge in [-0.15, -0.1) is 0 Å². The van der Waals surface area contributed by atoms with E-state index in [0.717, 1.165) is 11.8 Å². The van der Waals surface area contributed by atoms with E-state index in [1.165, 1.54) is 55.5 Å². The molecule has 3 rings (SSSR count). The van der Waals surface area contributed by atoms with Crippen molar-refractivity contribution >= 4 is 33.9 Å². The van der Waals surface area contributed by atoms with Crippen LogP contribution in [0.3, 0.4) is 0 Å². The quantitative estimate of drug-likeness (QED) is 0.230. The van der Waals surface area contributed by atoms with Gasteiger partial charge in [0.15, 0.2) is 0 Å². The molecule has 3 amide bonds. The fraction of sp³-hybridized carbons (Fsp3) is 0.192.